The lowest BCUT2D eigenvalue weighted by Gasteiger charge is -2.23. The van der Waals surface area contributed by atoms with Crippen molar-refractivity contribution in [2.24, 2.45) is 5.92 Å². The van der Waals surface area contributed by atoms with Crippen LogP contribution in [0.3, 0.4) is 0 Å². The van der Waals surface area contributed by atoms with Crippen molar-refractivity contribution in [2.75, 3.05) is 33.4 Å². The molecule has 104 valence electrons. The summed E-state index contributed by atoms with van der Waals surface area (Å²) < 4.78 is 31.0. The van der Waals surface area contributed by atoms with Crippen LogP contribution in [0.4, 0.5) is 0 Å². The van der Waals surface area contributed by atoms with Crippen LogP contribution in [-0.2, 0) is 14.8 Å². The van der Waals surface area contributed by atoms with Gasteiger partial charge in [-0.1, -0.05) is 0 Å². The van der Waals surface area contributed by atoms with Crippen LogP contribution in [0.2, 0.25) is 0 Å². The molecule has 5 nitrogen and oxygen atoms in total. The van der Waals surface area contributed by atoms with Crippen LogP contribution in [0.1, 0.15) is 19.8 Å². The Bertz CT molecular complexity index is 292. The molecule has 0 aliphatic carbocycles. The molecule has 1 heterocycles. The van der Waals surface area contributed by atoms with E-state index in [-0.39, 0.29) is 19.0 Å². The molecule has 7 heteroatoms. The topological polar surface area (TPSA) is 67.4 Å². The van der Waals surface area contributed by atoms with E-state index >= 15 is 0 Å². The van der Waals surface area contributed by atoms with Gasteiger partial charge in [-0.05, 0) is 38.8 Å². The maximum Gasteiger partial charge on any atom is 0.216 e. The van der Waals surface area contributed by atoms with Crippen LogP contribution in [0.5, 0.6) is 0 Å². The lowest BCUT2D eigenvalue weighted by atomic mass is 10.0. The summed E-state index contributed by atoms with van der Waals surface area (Å²) in [5.74, 6) is 0.415. The summed E-state index contributed by atoms with van der Waals surface area (Å²) >= 11 is 0. The van der Waals surface area contributed by atoms with Crippen molar-refractivity contribution < 1.29 is 13.2 Å². The molecular formula is C10H23ClN2O3S. The summed E-state index contributed by atoms with van der Waals surface area (Å²) in [6, 6.07) is 0. The number of rotatable bonds is 6. The van der Waals surface area contributed by atoms with E-state index in [4.69, 9.17) is 4.74 Å². The zero-order chi connectivity index (χ0) is 12.0. The molecule has 1 aliphatic rings. The van der Waals surface area contributed by atoms with E-state index in [1.54, 1.807) is 6.92 Å². The monoisotopic (exact) mass is 286 g/mol. The van der Waals surface area contributed by atoms with Gasteiger partial charge in [0.2, 0.25) is 10.0 Å². The Morgan fingerprint density at radius 2 is 2.24 bits per heavy atom. The standard InChI is InChI=1S/C10H22N2O3S.ClH/c1-9(8-15-2)16(13,14)12-7-10-4-3-5-11-6-10;/h9-12H,3-8H2,1-2H3;1H. The second-order valence-electron chi connectivity index (χ2n) is 4.37. The minimum atomic E-state index is -3.22. The number of piperidine rings is 1. The van der Waals surface area contributed by atoms with Gasteiger partial charge in [0.1, 0.15) is 0 Å². The van der Waals surface area contributed by atoms with Crippen molar-refractivity contribution in [3.8, 4) is 0 Å². The normalized spacial score (nSPS) is 22.8. The van der Waals surface area contributed by atoms with Gasteiger partial charge in [-0.3, -0.25) is 0 Å². The van der Waals surface area contributed by atoms with Crippen LogP contribution in [0, 0.1) is 5.92 Å². The summed E-state index contributed by atoms with van der Waals surface area (Å²) in [4.78, 5) is 0. The van der Waals surface area contributed by atoms with Gasteiger partial charge in [0.15, 0.2) is 0 Å². The van der Waals surface area contributed by atoms with Gasteiger partial charge in [0.05, 0.1) is 11.9 Å². The molecule has 0 saturated carbocycles. The summed E-state index contributed by atoms with van der Waals surface area (Å²) in [6.07, 6.45) is 2.22. The van der Waals surface area contributed by atoms with Gasteiger partial charge in [-0.2, -0.15) is 0 Å². The molecule has 0 amide bonds. The average Bonchev–Trinajstić information content (AvgIpc) is 2.28. The summed E-state index contributed by atoms with van der Waals surface area (Å²) in [5.41, 5.74) is 0. The van der Waals surface area contributed by atoms with Crippen molar-refractivity contribution in [2.45, 2.75) is 25.0 Å². The Balaban J connectivity index is 0.00000256. The van der Waals surface area contributed by atoms with Crippen molar-refractivity contribution >= 4 is 22.4 Å². The van der Waals surface area contributed by atoms with Gasteiger partial charge >= 0.3 is 0 Å². The number of ether oxygens (including phenoxy) is 1. The van der Waals surface area contributed by atoms with Crippen molar-refractivity contribution in [1.82, 2.24) is 10.0 Å². The molecule has 0 aromatic heterocycles. The van der Waals surface area contributed by atoms with Gasteiger partial charge in [-0.25, -0.2) is 13.1 Å². The second kappa shape index (κ2) is 8.26. The van der Waals surface area contributed by atoms with E-state index < -0.39 is 15.3 Å². The maximum absolute atomic E-state index is 11.8. The molecular weight excluding hydrogens is 264 g/mol. The first-order chi connectivity index (χ1) is 7.56. The third kappa shape index (κ3) is 6.01. The molecule has 1 rings (SSSR count). The molecule has 0 bridgehead atoms. The molecule has 0 aromatic carbocycles. The third-order valence-corrected chi connectivity index (χ3v) is 4.67. The Hall–Kier alpha value is 0.120. The van der Waals surface area contributed by atoms with Crippen LogP contribution < -0.4 is 10.0 Å². The first-order valence-electron chi connectivity index (χ1n) is 5.74. The molecule has 2 atom stereocenters. The molecule has 0 aromatic rings. The van der Waals surface area contributed by atoms with Gasteiger partial charge < -0.3 is 10.1 Å². The van der Waals surface area contributed by atoms with E-state index in [9.17, 15) is 8.42 Å². The smallest absolute Gasteiger partial charge is 0.216 e. The second-order valence-corrected chi connectivity index (χ2v) is 6.56. The Morgan fingerprint density at radius 3 is 2.76 bits per heavy atom. The van der Waals surface area contributed by atoms with Crippen LogP contribution in [-0.4, -0.2) is 47.0 Å². The molecule has 1 saturated heterocycles. The van der Waals surface area contributed by atoms with Crippen molar-refractivity contribution in [3.05, 3.63) is 0 Å². The zero-order valence-corrected chi connectivity index (χ0v) is 12.1. The third-order valence-electron chi connectivity index (χ3n) is 2.90. The van der Waals surface area contributed by atoms with Crippen molar-refractivity contribution in [1.29, 1.82) is 0 Å². The van der Waals surface area contributed by atoms with Gasteiger partial charge in [-0.15, -0.1) is 12.4 Å². The SMILES string of the molecule is COCC(C)S(=O)(=O)NCC1CCCNC1.Cl. The number of hydrogen-bond donors (Lipinski definition) is 2. The summed E-state index contributed by atoms with van der Waals surface area (Å²) in [6.45, 7) is 4.37. The van der Waals surface area contributed by atoms with Crippen molar-refractivity contribution in [3.63, 3.8) is 0 Å². The number of hydrogen-bond acceptors (Lipinski definition) is 4. The van der Waals surface area contributed by atoms with E-state index in [1.165, 1.54) is 7.11 Å². The molecule has 1 fully saturated rings. The summed E-state index contributed by atoms with van der Waals surface area (Å²) in [7, 11) is -1.71. The lowest BCUT2D eigenvalue weighted by molar-refractivity contribution is 0.200. The molecule has 17 heavy (non-hydrogen) atoms. The fourth-order valence-corrected chi connectivity index (χ4v) is 2.87. The highest BCUT2D eigenvalue weighted by molar-refractivity contribution is 7.90. The average molecular weight is 287 g/mol. The van der Waals surface area contributed by atoms with Gasteiger partial charge in [0, 0.05) is 13.7 Å². The van der Waals surface area contributed by atoms with Crippen LogP contribution >= 0.6 is 12.4 Å². The lowest BCUT2D eigenvalue weighted by Crippen LogP contribution is -2.41. The van der Waals surface area contributed by atoms with E-state index in [0.29, 0.717) is 12.5 Å². The first kappa shape index (κ1) is 17.1. The summed E-state index contributed by atoms with van der Waals surface area (Å²) in [5, 5.41) is 2.77. The molecule has 0 spiro atoms. The van der Waals surface area contributed by atoms with Crippen LogP contribution in [0.25, 0.3) is 0 Å². The predicted octanol–water partition coefficient (Wildman–Crippen LogP) is 0.362. The maximum atomic E-state index is 11.8. The largest absolute Gasteiger partial charge is 0.383 e. The minimum Gasteiger partial charge on any atom is -0.383 e. The predicted molar refractivity (Wildman–Crippen MR) is 71.1 cm³/mol. The molecule has 2 unspecified atom stereocenters. The Labute approximate surface area is 110 Å². The number of halogens is 1. The minimum absolute atomic E-state index is 0. The highest BCUT2D eigenvalue weighted by atomic mass is 35.5. The zero-order valence-electron chi connectivity index (χ0n) is 10.4. The van der Waals surface area contributed by atoms with E-state index in [2.05, 4.69) is 10.0 Å². The number of nitrogens with one attached hydrogen (secondary N) is 2. The van der Waals surface area contributed by atoms with E-state index in [0.717, 1.165) is 25.9 Å². The van der Waals surface area contributed by atoms with E-state index in [1.807, 2.05) is 0 Å². The first-order valence-corrected chi connectivity index (χ1v) is 7.29. The highest BCUT2D eigenvalue weighted by Crippen LogP contribution is 2.09. The number of methoxy groups -OCH3 is 1. The highest BCUT2D eigenvalue weighted by Gasteiger charge is 2.22. The number of sulfonamides is 1. The fraction of sp³-hybridized carbons (Fsp3) is 1.00. The Morgan fingerprint density at radius 1 is 1.53 bits per heavy atom. The fourth-order valence-electron chi connectivity index (χ4n) is 1.80. The quantitative estimate of drug-likeness (QED) is 0.740. The molecule has 1 aliphatic heterocycles. The molecule has 0 radical (unpaired) electrons. The Kier molecular flexibility index (Phi) is 8.32. The van der Waals surface area contributed by atoms with Crippen LogP contribution in [0.15, 0.2) is 0 Å². The van der Waals surface area contributed by atoms with Gasteiger partial charge in [0.25, 0.3) is 0 Å². The molecule has 2 N–H and O–H groups in total.